The first-order valence-corrected chi connectivity index (χ1v) is 9.23. The van der Waals surface area contributed by atoms with Crippen LogP contribution in [0.15, 0.2) is 28.6 Å². The number of aromatic nitrogens is 1. The smallest absolute Gasteiger partial charge is 0.210 e. The molecule has 1 aliphatic rings. The average Bonchev–Trinajstić information content (AvgIpc) is 2.81. The lowest BCUT2D eigenvalue weighted by Crippen LogP contribution is -2.42. The van der Waals surface area contributed by atoms with E-state index in [-0.39, 0.29) is 16.2 Å². The van der Waals surface area contributed by atoms with Gasteiger partial charge in [0.2, 0.25) is 14.2 Å². The van der Waals surface area contributed by atoms with Gasteiger partial charge in [-0.05, 0) is 32.4 Å². The Morgan fingerprint density at radius 2 is 2.14 bits per heavy atom. The second kappa shape index (κ2) is 5.31. The summed E-state index contributed by atoms with van der Waals surface area (Å²) in [5.74, 6) is -0.786. The van der Waals surface area contributed by atoms with Crippen molar-refractivity contribution < 1.29 is 17.9 Å². The summed E-state index contributed by atoms with van der Waals surface area (Å²) in [6.07, 6.45) is 0.221. The van der Waals surface area contributed by atoms with Crippen molar-refractivity contribution in [2.45, 2.75) is 36.5 Å². The molecule has 0 radical (unpaired) electrons. The van der Waals surface area contributed by atoms with Crippen LogP contribution in [0.1, 0.15) is 20.3 Å². The fraction of sp³-hybridized carbons (Fsp3) is 0.500. The minimum Gasteiger partial charge on any atom is -0.350 e. The molecule has 1 aromatic heterocycles. The summed E-state index contributed by atoms with van der Waals surface area (Å²) in [6.45, 7) is 4.10. The van der Waals surface area contributed by atoms with Crippen LogP contribution in [0.5, 0.6) is 0 Å². The zero-order valence-corrected chi connectivity index (χ0v) is 13.5. The fourth-order valence-electron chi connectivity index (χ4n) is 2.35. The van der Waals surface area contributed by atoms with Gasteiger partial charge in [-0.25, -0.2) is 13.4 Å². The largest absolute Gasteiger partial charge is 0.350 e. The van der Waals surface area contributed by atoms with Crippen LogP contribution in [0, 0.1) is 0 Å². The summed E-state index contributed by atoms with van der Waals surface area (Å²) in [5, 5.41) is 0. The third-order valence-electron chi connectivity index (χ3n) is 3.29. The molecule has 1 unspecified atom stereocenters. The summed E-state index contributed by atoms with van der Waals surface area (Å²) in [6, 6.07) is 7.42. The van der Waals surface area contributed by atoms with Gasteiger partial charge in [0.15, 0.2) is 5.79 Å². The summed E-state index contributed by atoms with van der Waals surface area (Å²) < 4.78 is 37.2. The van der Waals surface area contributed by atoms with Crippen molar-refractivity contribution in [1.29, 1.82) is 0 Å². The molecule has 0 aliphatic carbocycles. The number of thiazole rings is 1. The maximum absolute atomic E-state index is 12.5. The van der Waals surface area contributed by atoms with Crippen molar-refractivity contribution in [3.05, 3.63) is 24.3 Å². The Balaban J connectivity index is 1.83. The molecule has 1 atom stereocenters. The number of hydrogen-bond donors (Lipinski definition) is 0. The van der Waals surface area contributed by atoms with E-state index in [0.29, 0.717) is 18.5 Å². The van der Waals surface area contributed by atoms with Gasteiger partial charge in [0.25, 0.3) is 0 Å². The number of sulfone groups is 1. The second-order valence-corrected chi connectivity index (χ2v) is 8.74. The third-order valence-corrected chi connectivity index (χ3v) is 6.56. The molecular weight excluding hydrogens is 310 g/mol. The zero-order valence-electron chi connectivity index (χ0n) is 11.9. The van der Waals surface area contributed by atoms with E-state index in [4.69, 9.17) is 9.47 Å². The third kappa shape index (κ3) is 3.26. The van der Waals surface area contributed by atoms with Crippen LogP contribution in [0.4, 0.5) is 0 Å². The standard InChI is InChI=1S/C14H17NO4S2/c1-14(2)18-8-7-10(19-14)9-21(16,17)13-15-11-5-3-4-6-12(11)20-13/h3-6,10H,7-9H2,1-2H3. The summed E-state index contributed by atoms with van der Waals surface area (Å²) in [5.41, 5.74) is 0.717. The average molecular weight is 327 g/mol. The number of fused-ring (bicyclic) bond motifs is 1. The van der Waals surface area contributed by atoms with E-state index in [2.05, 4.69) is 4.98 Å². The Bertz CT molecular complexity index is 718. The van der Waals surface area contributed by atoms with Crippen LogP contribution in [-0.4, -0.2) is 37.7 Å². The fourth-order valence-corrected chi connectivity index (χ4v) is 5.13. The Labute approximate surface area is 127 Å². The second-order valence-electron chi connectivity index (χ2n) is 5.51. The molecule has 1 fully saturated rings. The van der Waals surface area contributed by atoms with E-state index in [1.54, 1.807) is 13.8 Å². The first-order valence-electron chi connectivity index (χ1n) is 6.76. The van der Waals surface area contributed by atoms with Crippen molar-refractivity contribution in [3.8, 4) is 0 Å². The molecule has 2 heterocycles. The van der Waals surface area contributed by atoms with Crippen molar-refractivity contribution in [2.24, 2.45) is 0 Å². The topological polar surface area (TPSA) is 65.5 Å². The summed E-state index contributed by atoms with van der Waals surface area (Å²) in [4.78, 5) is 4.23. The van der Waals surface area contributed by atoms with Gasteiger partial charge in [-0.3, -0.25) is 0 Å². The van der Waals surface area contributed by atoms with E-state index in [9.17, 15) is 8.42 Å². The highest BCUT2D eigenvalue weighted by molar-refractivity contribution is 7.93. The number of rotatable bonds is 3. The van der Waals surface area contributed by atoms with E-state index in [1.807, 2.05) is 24.3 Å². The van der Waals surface area contributed by atoms with Crippen LogP contribution in [0.2, 0.25) is 0 Å². The van der Waals surface area contributed by atoms with Crippen LogP contribution in [0.3, 0.4) is 0 Å². The molecule has 0 bridgehead atoms. The highest BCUT2D eigenvalue weighted by atomic mass is 32.2. The van der Waals surface area contributed by atoms with E-state index in [1.165, 1.54) is 11.3 Å². The van der Waals surface area contributed by atoms with Gasteiger partial charge in [-0.1, -0.05) is 12.1 Å². The lowest BCUT2D eigenvalue weighted by molar-refractivity contribution is -0.268. The van der Waals surface area contributed by atoms with Crippen LogP contribution in [-0.2, 0) is 19.3 Å². The first-order chi connectivity index (χ1) is 9.86. The molecule has 1 aromatic carbocycles. The van der Waals surface area contributed by atoms with Crippen molar-refractivity contribution in [2.75, 3.05) is 12.4 Å². The quantitative estimate of drug-likeness (QED) is 0.867. The number of nitrogens with zero attached hydrogens (tertiary/aromatic N) is 1. The van der Waals surface area contributed by atoms with Crippen molar-refractivity contribution in [3.63, 3.8) is 0 Å². The monoisotopic (exact) mass is 327 g/mol. The molecule has 0 spiro atoms. The number of hydrogen-bond acceptors (Lipinski definition) is 6. The Morgan fingerprint density at radius 1 is 1.38 bits per heavy atom. The SMILES string of the molecule is CC1(C)OCCC(CS(=O)(=O)c2nc3ccccc3s2)O1. The van der Waals surface area contributed by atoms with Gasteiger partial charge in [-0.2, -0.15) is 0 Å². The predicted molar refractivity (Wildman–Crippen MR) is 81.2 cm³/mol. The minimum atomic E-state index is -3.45. The normalized spacial score (nSPS) is 22.5. The van der Waals surface area contributed by atoms with Crippen LogP contribution < -0.4 is 0 Å². The summed E-state index contributed by atoms with van der Waals surface area (Å²) >= 11 is 1.21. The molecule has 1 saturated heterocycles. The molecule has 21 heavy (non-hydrogen) atoms. The van der Waals surface area contributed by atoms with Gasteiger partial charge < -0.3 is 9.47 Å². The highest BCUT2D eigenvalue weighted by Gasteiger charge is 2.33. The van der Waals surface area contributed by atoms with E-state index < -0.39 is 15.6 Å². The van der Waals surface area contributed by atoms with Gasteiger partial charge in [0.1, 0.15) is 0 Å². The molecule has 7 heteroatoms. The van der Waals surface area contributed by atoms with Gasteiger partial charge in [0.05, 0.1) is 28.7 Å². The molecule has 0 amide bonds. The van der Waals surface area contributed by atoms with Gasteiger partial charge in [0, 0.05) is 0 Å². The van der Waals surface area contributed by atoms with E-state index >= 15 is 0 Å². The zero-order chi connectivity index (χ0) is 15.1. The number of benzene rings is 1. The van der Waals surface area contributed by atoms with Crippen molar-refractivity contribution in [1.82, 2.24) is 4.98 Å². The van der Waals surface area contributed by atoms with Crippen LogP contribution in [0.25, 0.3) is 10.2 Å². The van der Waals surface area contributed by atoms with Crippen LogP contribution >= 0.6 is 11.3 Å². The molecule has 114 valence electrons. The van der Waals surface area contributed by atoms with Gasteiger partial charge >= 0.3 is 0 Å². The minimum absolute atomic E-state index is 0.0559. The van der Waals surface area contributed by atoms with Crippen molar-refractivity contribution >= 4 is 31.4 Å². The molecule has 0 N–H and O–H groups in total. The Morgan fingerprint density at radius 3 is 2.86 bits per heavy atom. The molecule has 0 saturated carbocycles. The molecule has 3 rings (SSSR count). The maximum atomic E-state index is 12.5. The maximum Gasteiger partial charge on any atom is 0.210 e. The lowest BCUT2D eigenvalue weighted by Gasteiger charge is -2.35. The predicted octanol–water partition coefficient (Wildman–Crippen LogP) is 2.61. The highest BCUT2D eigenvalue weighted by Crippen LogP contribution is 2.29. The molecule has 2 aromatic rings. The molecule has 1 aliphatic heterocycles. The van der Waals surface area contributed by atoms with Gasteiger partial charge in [-0.15, -0.1) is 11.3 Å². The number of ether oxygens (including phenoxy) is 2. The molecular formula is C14H17NO4S2. The first kappa shape index (κ1) is 14.9. The van der Waals surface area contributed by atoms with E-state index in [0.717, 1.165) is 4.70 Å². The number of para-hydroxylation sites is 1. The summed E-state index contributed by atoms with van der Waals surface area (Å²) in [7, 11) is -3.45. The Kier molecular flexibility index (Phi) is 3.77. The lowest BCUT2D eigenvalue weighted by atomic mass is 10.2. The molecule has 5 nitrogen and oxygen atoms in total. The Hall–Kier alpha value is -1.02.